The van der Waals surface area contributed by atoms with Crippen molar-refractivity contribution in [1.82, 2.24) is 10.2 Å². The minimum atomic E-state index is 0.338. The van der Waals surface area contributed by atoms with Crippen LogP contribution in [0.3, 0.4) is 0 Å². The standard InChI is InChI=1S/C23H30N2/c1-4-10-20(11-5-1)16-22-18-25(17-21-12-6-2-7-13-21)19-23(24-22)14-8-3-9-15-23/h1-2,4-7,10-13,22,24H,3,8-9,14-19H2/t22-/m0/s1. The lowest BCUT2D eigenvalue weighted by atomic mass is 9.78. The monoisotopic (exact) mass is 334 g/mol. The number of hydrogen-bond acceptors (Lipinski definition) is 2. The SMILES string of the molecule is c1ccc(C[C@H]2CN(Cc3ccccc3)CC3(CCCCC3)N2)cc1. The van der Waals surface area contributed by atoms with E-state index >= 15 is 0 Å². The maximum absolute atomic E-state index is 4.09. The van der Waals surface area contributed by atoms with Crippen molar-refractivity contribution in [3.05, 3.63) is 71.8 Å². The first-order valence-electron chi connectivity index (χ1n) is 9.89. The summed E-state index contributed by atoms with van der Waals surface area (Å²) in [4.78, 5) is 2.70. The Morgan fingerprint density at radius 1 is 0.840 bits per heavy atom. The molecule has 0 bridgehead atoms. The first kappa shape index (κ1) is 16.8. The summed E-state index contributed by atoms with van der Waals surface area (Å²) in [5.41, 5.74) is 3.23. The molecule has 2 heteroatoms. The van der Waals surface area contributed by atoms with Crippen molar-refractivity contribution in [2.24, 2.45) is 0 Å². The van der Waals surface area contributed by atoms with Crippen molar-refractivity contribution in [3.8, 4) is 0 Å². The zero-order valence-electron chi connectivity index (χ0n) is 15.2. The highest BCUT2D eigenvalue weighted by Gasteiger charge is 2.39. The Kier molecular flexibility index (Phi) is 5.19. The summed E-state index contributed by atoms with van der Waals surface area (Å²) in [6.45, 7) is 3.42. The van der Waals surface area contributed by atoms with Gasteiger partial charge < -0.3 is 5.32 Å². The average molecular weight is 335 g/mol. The van der Waals surface area contributed by atoms with Gasteiger partial charge in [0.15, 0.2) is 0 Å². The summed E-state index contributed by atoms with van der Waals surface area (Å²) in [5, 5.41) is 4.09. The van der Waals surface area contributed by atoms with Gasteiger partial charge in [0.2, 0.25) is 0 Å². The highest BCUT2D eigenvalue weighted by molar-refractivity contribution is 5.18. The molecule has 1 aliphatic heterocycles. The Labute approximate surface area is 152 Å². The molecule has 2 nitrogen and oxygen atoms in total. The molecule has 1 spiro atoms. The molecular formula is C23H30N2. The normalized spacial score (nSPS) is 23.6. The summed E-state index contributed by atoms with van der Waals surface area (Å²) in [5.74, 6) is 0. The second kappa shape index (κ2) is 7.72. The van der Waals surface area contributed by atoms with Crippen LogP contribution in [0.2, 0.25) is 0 Å². The number of benzene rings is 2. The maximum atomic E-state index is 4.09. The topological polar surface area (TPSA) is 15.3 Å². The van der Waals surface area contributed by atoms with Crippen molar-refractivity contribution < 1.29 is 0 Å². The van der Waals surface area contributed by atoms with Crippen molar-refractivity contribution in [2.45, 2.75) is 56.7 Å². The van der Waals surface area contributed by atoms with Crippen molar-refractivity contribution >= 4 is 0 Å². The summed E-state index contributed by atoms with van der Waals surface area (Å²) in [7, 11) is 0. The van der Waals surface area contributed by atoms with E-state index in [2.05, 4.69) is 70.9 Å². The molecule has 2 aromatic carbocycles. The van der Waals surface area contributed by atoms with Gasteiger partial charge in [-0.25, -0.2) is 0 Å². The van der Waals surface area contributed by atoms with Gasteiger partial charge in [0.25, 0.3) is 0 Å². The number of nitrogens with zero attached hydrogens (tertiary/aromatic N) is 1. The molecule has 0 unspecified atom stereocenters. The first-order chi connectivity index (χ1) is 12.3. The van der Waals surface area contributed by atoms with Crippen LogP contribution >= 0.6 is 0 Å². The minimum absolute atomic E-state index is 0.338. The minimum Gasteiger partial charge on any atom is -0.306 e. The zero-order chi connectivity index (χ0) is 17.0. The van der Waals surface area contributed by atoms with E-state index in [-0.39, 0.29) is 0 Å². The predicted octanol–water partition coefficient (Wildman–Crippen LogP) is 4.41. The van der Waals surface area contributed by atoms with Crippen molar-refractivity contribution in [2.75, 3.05) is 13.1 Å². The quantitative estimate of drug-likeness (QED) is 0.891. The van der Waals surface area contributed by atoms with E-state index in [0.717, 1.165) is 19.5 Å². The van der Waals surface area contributed by atoms with Crippen LogP contribution in [-0.4, -0.2) is 29.6 Å². The number of piperazine rings is 1. The molecule has 0 radical (unpaired) electrons. The lowest BCUT2D eigenvalue weighted by Gasteiger charge is -2.49. The summed E-state index contributed by atoms with van der Waals surface area (Å²) >= 11 is 0. The molecule has 1 saturated heterocycles. The molecule has 0 amide bonds. The molecule has 1 aliphatic carbocycles. The predicted molar refractivity (Wildman–Crippen MR) is 105 cm³/mol. The number of rotatable bonds is 4. The Morgan fingerprint density at radius 2 is 1.48 bits per heavy atom. The van der Waals surface area contributed by atoms with E-state index < -0.39 is 0 Å². The fourth-order valence-corrected chi connectivity index (χ4v) is 4.84. The lowest BCUT2D eigenvalue weighted by Crippen LogP contribution is -2.65. The van der Waals surface area contributed by atoms with Crippen LogP contribution in [-0.2, 0) is 13.0 Å². The van der Waals surface area contributed by atoms with Gasteiger partial charge in [-0.2, -0.15) is 0 Å². The van der Waals surface area contributed by atoms with Gasteiger partial charge in [0.1, 0.15) is 0 Å². The van der Waals surface area contributed by atoms with Gasteiger partial charge in [-0.3, -0.25) is 4.90 Å². The van der Waals surface area contributed by atoms with Gasteiger partial charge in [-0.05, 0) is 30.4 Å². The fourth-order valence-electron chi connectivity index (χ4n) is 4.84. The van der Waals surface area contributed by atoms with Crippen molar-refractivity contribution in [1.29, 1.82) is 0 Å². The second-order valence-electron chi connectivity index (χ2n) is 8.03. The van der Waals surface area contributed by atoms with E-state index in [0.29, 0.717) is 11.6 Å². The molecule has 1 N–H and O–H groups in total. The molecule has 2 aliphatic rings. The molecular weight excluding hydrogens is 304 g/mol. The van der Waals surface area contributed by atoms with Gasteiger partial charge >= 0.3 is 0 Å². The van der Waals surface area contributed by atoms with Crippen LogP contribution in [0.15, 0.2) is 60.7 Å². The van der Waals surface area contributed by atoms with Crippen LogP contribution in [0.5, 0.6) is 0 Å². The third kappa shape index (κ3) is 4.31. The van der Waals surface area contributed by atoms with E-state index in [9.17, 15) is 0 Å². The van der Waals surface area contributed by atoms with Crippen LogP contribution in [0.1, 0.15) is 43.2 Å². The van der Waals surface area contributed by atoms with E-state index in [4.69, 9.17) is 0 Å². The molecule has 1 heterocycles. The van der Waals surface area contributed by atoms with E-state index in [1.807, 2.05) is 0 Å². The third-order valence-corrected chi connectivity index (χ3v) is 5.90. The highest BCUT2D eigenvalue weighted by atomic mass is 15.2. The summed E-state index contributed by atoms with van der Waals surface area (Å²) in [6, 6.07) is 22.5. The number of nitrogens with one attached hydrogen (secondary N) is 1. The molecule has 1 atom stereocenters. The fraction of sp³-hybridized carbons (Fsp3) is 0.478. The zero-order valence-corrected chi connectivity index (χ0v) is 15.2. The maximum Gasteiger partial charge on any atom is 0.0312 e. The largest absolute Gasteiger partial charge is 0.306 e. The van der Waals surface area contributed by atoms with E-state index in [1.165, 1.54) is 49.8 Å². The van der Waals surface area contributed by atoms with Gasteiger partial charge in [0.05, 0.1) is 0 Å². The third-order valence-electron chi connectivity index (χ3n) is 5.90. The highest BCUT2D eigenvalue weighted by Crippen LogP contribution is 2.32. The molecule has 132 valence electrons. The van der Waals surface area contributed by atoms with Gasteiger partial charge in [-0.15, -0.1) is 0 Å². The van der Waals surface area contributed by atoms with Crippen LogP contribution < -0.4 is 5.32 Å². The van der Waals surface area contributed by atoms with Crippen LogP contribution in [0, 0.1) is 0 Å². The number of hydrogen-bond donors (Lipinski definition) is 1. The molecule has 2 aromatic rings. The molecule has 1 saturated carbocycles. The molecule has 0 aromatic heterocycles. The average Bonchev–Trinajstić information content (AvgIpc) is 2.64. The Balaban J connectivity index is 1.50. The van der Waals surface area contributed by atoms with Crippen molar-refractivity contribution in [3.63, 3.8) is 0 Å². The first-order valence-corrected chi connectivity index (χ1v) is 9.89. The summed E-state index contributed by atoms with van der Waals surface area (Å²) in [6.07, 6.45) is 7.97. The van der Waals surface area contributed by atoms with Gasteiger partial charge in [-0.1, -0.05) is 79.9 Å². The van der Waals surface area contributed by atoms with Gasteiger partial charge in [0, 0.05) is 31.2 Å². The lowest BCUT2D eigenvalue weighted by molar-refractivity contribution is 0.0643. The molecule has 25 heavy (non-hydrogen) atoms. The Hall–Kier alpha value is -1.64. The summed E-state index contributed by atoms with van der Waals surface area (Å²) < 4.78 is 0. The second-order valence-corrected chi connectivity index (χ2v) is 8.03. The Bertz CT molecular complexity index is 595. The smallest absolute Gasteiger partial charge is 0.0312 e. The molecule has 4 rings (SSSR count). The van der Waals surface area contributed by atoms with Crippen LogP contribution in [0.4, 0.5) is 0 Å². The van der Waals surface area contributed by atoms with E-state index in [1.54, 1.807) is 0 Å². The molecule has 2 fully saturated rings. The Morgan fingerprint density at radius 3 is 2.16 bits per heavy atom. The van der Waals surface area contributed by atoms with Crippen LogP contribution in [0.25, 0.3) is 0 Å².